The van der Waals surface area contributed by atoms with Crippen LogP contribution in [0.5, 0.6) is 0 Å². The molecule has 24 heavy (non-hydrogen) atoms. The van der Waals surface area contributed by atoms with E-state index in [1.54, 1.807) is 0 Å². The third-order valence-corrected chi connectivity index (χ3v) is 4.50. The van der Waals surface area contributed by atoms with Crippen LogP contribution in [0.15, 0.2) is 60.7 Å². The van der Waals surface area contributed by atoms with Crippen LogP contribution in [0.3, 0.4) is 0 Å². The van der Waals surface area contributed by atoms with Crippen LogP contribution in [0.2, 0.25) is 0 Å². The summed E-state index contributed by atoms with van der Waals surface area (Å²) in [5.74, 6) is 0. The molecule has 4 heteroatoms. The molecule has 1 heterocycles. The highest BCUT2D eigenvalue weighted by Gasteiger charge is 2.22. The molecule has 2 amide bonds. The molecule has 1 saturated heterocycles. The largest absolute Gasteiger partial charge is 0.336 e. The Morgan fingerprint density at radius 2 is 1.58 bits per heavy atom. The summed E-state index contributed by atoms with van der Waals surface area (Å²) in [4.78, 5) is 14.6. The Morgan fingerprint density at radius 1 is 0.958 bits per heavy atom. The first kappa shape index (κ1) is 16.5. The first-order valence-corrected chi connectivity index (χ1v) is 8.69. The zero-order chi connectivity index (χ0) is 16.6. The number of anilines is 1. The second kappa shape index (κ2) is 8.50. The van der Waals surface area contributed by atoms with E-state index in [1.165, 1.54) is 18.4 Å². The number of nitrogens with one attached hydrogen (secondary N) is 2. The highest BCUT2D eigenvalue weighted by atomic mass is 16.2. The van der Waals surface area contributed by atoms with Gasteiger partial charge >= 0.3 is 6.03 Å². The maximum absolute atomic E-state index is 12.1. The van der Waals surface area contributed by atoms with Crippen molar-refractivity contribution in [3.05, 3.63) is 66.2 Å². The van der Waals surface area contributed by atoms with Crippen molar-refractivity contribution >= 4 is 11.7 Å². The highest BCUT2D eigenvalue weighted by Crippen LogP contribution is 2.15. The molecule has 0 aromatic heterocycles. The molecular weight excluding hydrogens is 298 g/mol. The molecule has 1 fully saturated rings. The van der Waals surface area contributed by atoms with Gasteiger partial charge in [-0.25, -0.2) is 4.79 Å². The Hall–Kier alpha value is -2.33. The second-order valence-corrected chi connectivity index (χ2v) is 6.29. The quantitative estimate of drug-likeness (QED) is 0.854. The first-order valence-electron chi connectivity index (χ1n) is 8.69. The molecule has 0 spiro atoms. The van der Waals surface area contributed by atoms with Crippen molar-refractivity contribution in [1.29, 1.82) is 0 Å². The fourth-order valence-electron chi connectivity index (χ4n) is 3.23. The summed E-state index contributed by atoms with van der Waals surface area (Å²) >= 11 is 0. The number of para-hydroxylation sites is 1. The lowest BCUT2D eigenvalue weighted by Gasteiger charge is -2.28. The minimum Gasteiger partial charge on any atom is -0.336 e. The molecule has 0 radical (unpaired) electrons. The van der Waals surface area contributed by atoms with E-state index in [0.717, 1.165) is 25.2 Å². The minimum absolute atomic E-state index is 0.140. The van der Waals surface area contributed by atoms with Crippen molar-refractivity contribution in [2.75, 3.05) is 25.0 Å². The van der Waals surface area contributed by atoms with Gasteiger partial charge in [0.25, 0.3) is 0 Å². The lowest BCUT2D eigenvalue weighted by atomic mass is 10.0. The van der Waals surface area contributed by atoms with Gasteiger partial charge < -0.3 is 10.6 Å². The smallest absolute Gasteiger partial charge is 0.319 e. The molecule has 3 rings (SSSR count). The molecule has 126 valence electrons. The Balaban J connectivity index is 1.56. The third kappa shape index (κ3) is 4.83. The lowest BCUT2D eigenvalue weighted by Crippen LogP contribution is -2.45. The fraction of sp³-hybridized carbons (Fsp3) is 0.350. The van der Waals surface area contributed by atoms with E-state index < -0.39 is 0 Å². The molecule has 1 atom stereocenters. The summed E-state index contributed by atoms with van der Waals surface area (Å²) in [6.07, 6.45) is 3.47. The van der Waals surface area contributed by atoms with Gasteiger partial charge in [0, 0.05) is 18.3 Å². The summed E-state index contributed by atoms with van der Waals surface area (Å²) < 4.78 is 0. The molecule has 4 nitrogen and oxygen atoms in total. The molecule has 2 N–H and O–H groups in total. The van der Waals surface area contributed by atoms with Crippen LogP contribution >= 0.6 is 0 Å². The first-order chi connectivity index (χ1) is 11.8. The van der Waals surface area contributed by atoms with Gasteiger partial charge in [0.1, 0.15) is 0 Å². The van der Waals surface area contributed by atoms with Crippen LogP contribution < -0.4 is 10.6 Å². The maximum atomic E-state index is 12.1. The lowest BCUT2D eigenvalue weighted by molar-refractivity contribution is 0.225. The van der Waals surface area contributed by atoms with E-state index in [-0.39, 0.29) is 6.03 Å². The summed E-state index contributed by atoms with van der Waals surface area (Å²) in [6, 6.07) is 20.3. The fourth-order valence-corrected chi connectivity index (χ4v) is 3.23. The number of nitrogens with zero attached hydrogens (tertiary/aromatic N) is 1. The predicted molar refractivity (Wildman–Crippen MR) is 98.2 cm³/mol. The zero-order valence-corrected chi connectivity index (χ0v) is 13.9. The second-order valence-electron chi connectivity index (χ2n) is 6.29. The Morgan fingerprint density at radius 3 is 2.25 bits per heavy atom. The van der Waals surface area contributed by atoms with Crippen LogP contribution in [-0.2, 0) is 6.42 Å². The molecule has 1 aliphatic rings. The minimum atomic E-state index is -0.140. The number of urea groups is 1. The Kier molecular flexibility index (Phi) is 5.85. The number of benzene rings is 2. The Bertz CT molecular complexity index is 624. The summed E-state index contributed by atoms with van der Waals surface area (Å²) in [6.45, 7) is 2.91. The zero-order valence-electron chi connectivity index (χ0n) is 13.9. The standard InChI is InChI=1S/C20H25N3O/c24-20(22-18-11-5-2-6-12-18)21-16-19(23-13-7-8-14-23)15-17-9-3-1-4-10-17/h1-6,9-12,19H,7-8,13-16H2,(H2,21,22,24). The molecule has 2 aromatic carbocycles. The van der Waals surface area contributed by atoms with Gasteiger partial charge in [0.05, 0.1) is 0 Å². The van der Waals surface area contributed by atoms with Crippen LogP contribution in [0, 0.1) is 0 Å². The van der Waals surface area contributed by atoms with Gasteiger partial charge in [0.15, 0.2) is 0 Å². The van der Waals surface area contributed by atoms with Gasteiger partial charge in [-0.05, 0) is 50.0 Å². The van der Waals surface area contributed by atoms with Crippen molar-refractivity contribution in [3.63, 3.8) is 0 Å². The summed E-state index contributed by atoms with van der Waals surface area (Å²) in [5.41, 5.74) is 2.13. The van der Waals surface area contributed by atoms with Gasteiger partial charge in [-0.2, -0.15) is 0 Å². The molecular formula is C20H25N3O. The molecule has 0 bridgehead atoms. The van der Waals surface area contributed by atoms with Crippen LogP contribution in [0.25, 0.3) is 0 Å². The number of hydrogen-bond donors (Lipinski definition) is 2. The summed E-state index contributed by atoms with van der Waals surface area (Å²) in [5, 5.41) is 5.92. The van der Waals surface area contributed by atoms with Gasteiger partial charge in [0.2, 0.25) is 0 Å². The van der Waals surface area contributed by atoms with Crippen molar-refractivity contribution in [3.8, 4) is 0 Å². The van der Waals surface area contributed by atoms with Crippen molar-refractivity contribution in [2.24, 2.45) is 0 Å². The van der Waals surface area contributed by atoms with Crippen LogP contribution in [-0.4, -0.2) is 36.6 Å². The number of rotatable bonds is 6. The number of amides is 2. The SMILES string of the molecule is O=C(NCC(Cc1ccccc1)N1CCCC1)Nc1ccccc1. The molecule has 1 aliphatic heterocycles. The third-order valence-electron chi connectivity index (χ3n) is 4.50. The van der Waals surface area contributed by atoms with E-state index in [1.807, 2.05) is 36.4 Å². The van der Waals surface area contributed by atoms with Gasteiger partial charge in [-0.1, -0.05) is 48.5 Å². The topological polar surface area (TPSA) is 44.4 Å². The molecule has 1 unspecified atom stereocenters. The van der Waals surface area contributed by atoms with E-state index in [9.17, 15) is 4.79 Å². The van der Waals surface area contributed by atoms with E-state index in [0.29, 0.717) is 12.6 Å². The van der Waals surface area contributed by atoms with Gasteiger partial charge in [-0.3, -0.25) is 4.90 Å². The summed E-state index contributed by atoms with van der Waals surface area (Å²) in [7, 11) is 0. The molecule has 0 aliphatic carbocycles. The number of carbonyl (C=O) groups excluding carboxylic acids is 1. The monoisotopic (exact) mass is 323 g/mol. The average molecular weight is 323 g/mol. The molecule has 2 aromatic rings. The number of carbonyl (C=O) groups is 1. The normalized spacial score (nSPS) is 15.8. The van der Waals surface area contributed by atoms with Crippen LogP contribution in [0.4, 0.5) is 10.5 Å². The van der Waals surface area contributed by atoms with Crippen LogP contribution in [0.1, 0.15) is 18.4 Å². The number of hydrogen-bond acceptors (Lipinski definition) is 2. The number of likely N-dealkylation sites (tertiary alicyclic amines) is 1. The van der Waals surface area contributed by atoms with Crippen molar-refractivity contribution in [2.45, 2.75) is 25.3 Å². The predicted octanol–water partition coefficient (Wildman–Crippen LogP) is 3.52. The Labute approximate surface area is 143 Å². The van der Waals surface area contributed by atoms with Gasteiger partial charge in [-0.15, -0.1) is 0 Å². The average Bonchev–Trinajstić information content (AvgIpc) is 3.15. The molecule has 0 saturated carbocycles. The van der Waals surface area contributed by atoms with E-state index >= 15 is 0 Å². The van der Waals surface area contributed by atoms with Crippen molar-refractivity contribution in [1.82, 2.24) is 10.2 Å². The van der Waals surface area contributed by atoms with Crippen molar-refractivity contribution < 1.29 is 4.79 Å². The highest BCUT2D eigenvalue weighted by molar-refractivity contribution is 5.89. The van der Waals surface area contributed by atoms with E-state index in [4.69, 9.17) is 0 Å². The maximum Gasteiger partial charge on any atom is 0.319 e. The van der Waals surface area contributed by atoms with E-state index in [2.05, 4.69) is 39.8 Å².